The van der Waals surface area contributed by atoms with Crippen molar-refractivity contribution in [2.45, 2.75) is 6.54 Å². The molecule has 0 aromatic carbocycles. The van der Waals surface area contributed by atoms with Crippen LogP contribution in [0, 0.1) is 0 Å². The van der Waals surface area contributed by atoms with Crippen LogP contribution in [0.5, 0.6) is 0 Å². The maximum absolute atomic E-state index is 4.27. The van der Waals surface area contributed by atoms with Crippen LogP contribution >= 0.6 is 0 Å². The Morgan fingerprint density at radius 2 is 2.21 bits per heavy atom. The van der Waals surface area contributed by atoms with Gasteiger partial charge in [-0.05, 0) is 31.3 Å². The minimum Gasteiger partial charge on any atom is -0.356 e. The second-order valence-electron chi connectivity index (χ2n) is 3.14. The molecule has 0 radical (unpaired) electrons. The van der Waals surface area contributed by atoms with Crippen LogP contribution in [0.2, 0.25) is 0 Å². The molecule has 0 aliphatic rings. The van der Waals surface area contributed by atoms with Gasteiger partial charge in [-0.15, -0.1) is 0 Å². The van der Waals surface area contributed by atoms with Crippen molar-refractivity contribution < 1.29 is 0 Å². The highest BCUT2D eigenvalue weighted by atomic mass is 14.9. The zero-order chi connectivity index (χ0) is 9.80. The third-order valence-corrected chi connectivity index (χ3v) is 2.05. The molecule has 0 atom stereocenters. The summed E-state index contributed by atoms with van der Waals surface area (Å²) in [5.41, 5.74) is 3.22. The SMILES string of the molecule is CNCc1ccc(-c2ccccn2)[nH]1. The van der Waals surface area contributed by atoms with Crippen molar-refractivity contribution in [3.8, 4) is 11.4 Å². The van der Waals surface area contributed by atoms with Crippen molar-refractivity contribution in [3.05, 3.63) is 42.2 Å². The zero-order valence-corrected chi connectivity index (χ0v) is 8.12. The molecule has 0 amide bonds. The average molecular weight is 187 g/mol. The molecule has 2 aromatic rings. The maximum Gasteiger partial charge on any atom is 0.0864 e. The summed E-state index contributed by atoms with van der Waals surface area (Å²) in [4.78, 5) is 7.58. The largest absolute Gasteiger partial charge is 0.356 e. The van der Waals surface area contributed by atoms with E-state index in [0.717, 1.165) is 17.9 Å². The van der Waals surface area contributed by atoms with E-state index in [2.05, 4.69) is 27.4 Å². The molecule has 2 N–H and O–H groups in total. The molecular weight excluding hydrogens is 174 g/mol. The second-order valence-corrected chi connectivity index (χ2v) is 3.14. The highest BCUT2D eigenvalue weighted by Gasteiger charge is 2.00. The number of aromatic nitrogens is 2. The molecule has 0 saturated heterocycles. The van der Waals surface area contributed by atoms with E-state index in [4.69, 9.17) is 0 Å². The molecule has 0 aliphatic carbocycles. The third kappa shape index (κ3) is 1.83. The lowest BCUT2D eigenvalue weighted by atomic mass is 10.3. The average Bonchev–Trinajstić information content (AvgIpc) is 2.68. The molecule has 2 rings (SSSR count). The molecule has 3 nitrogen and oxygen atoms in total. The van der Waals surface area contributed by atoms with E-state index < -0.39 is 0 Å². The van der Waals surface area contributed by atoms with Gasteiger partial charge in [0.2, 0.25) is 0 Å². The summed E-state index contributed by atoms with van der Waals surface area (Å²) < 4.78 is 0. The number of hydrogen-bond acceptors (Lipinski definition) is 2. The highest BCUT2D eigenvalue weighted by molar-refractivity contribution is 5.54. The molecule has 0 fully saturated rings. The number of nitrogens with zero attached hydrogens (tertiary/aromatic N) is 1. The Kier molecular flexibility index (Phi) is 2.60. The highest BCUT2D eigenvalue weighted by Crippen LogP contribution is 2.14. The summed E-state index contributed by atoms with van der Waals surface area (Å²) in [6.07, 6.45) is 1.80. The van der Waals surface area contributed by atoms with Gasteiger partial charge in [-0.3, -0.25) is 4.98 Å². The molecule has 0 spiro atoms. The van der Waals surface area contributed by atoms with Crippen LogP contribution in [0.3, 0.4) is 0 Å². The predicted molar refractivity (Wildman–Crippen MR) is 56.8 cm³/mol. The van der Waals surface area contributed by atoms with Gasteiger partial charge in [0.15, 0.2) is 0 Å². The fourth-order valence-corrected chi connectivity index (χ4v) is 1.41. The molecular formula is C11H13N3. The minimum atomic E-state index is 0.854. The fourth-order valence-electron chi connectivity index (χ4n) is 1.41. The summed E-state index contributed by atoms with van der Waals surface area (Å²) in [6.45, 7) is 0.854. The summed E-state index contributed by atoms with van der Waals surface area (Å²) in [7, 11) is 1.93. The summed E-state index contributed by atoms with van der Waals surface area (Å²) in [5.74, 6) is 0. The van der Waals surface area contributed by atoms with E-state index in [1.165, 1.54) is 5.69 Å². The molecule has 0 unspecified atom stereocenters. The van der Waals surface area contributed by atoms with Gasteiger partial charge in [0.25, 0.3) is 0 Å². The Morgan fingerprint density at radius 3 is 2.93 bits per heavy atom. The molecule has 0 saturated carbocycles. The van der Waals surface area contributed by atoms with Crippen LogP contribution in [0.1, 0.15) is 5.69 Å². The van der Waals surface area contributed by atoms with E-state index in [-0.39, 0.29) is 0 Å². The van der Waals surface area contributed by atoms with Gasteiger partial charge in [-0.25, -0.2) is 0 Å². The number of rotatable bonds is 3. The van der Waals surface area contributed by atoms with Gasteiger partial charge >= 0.3 is 0 Å². The van der Waals surface area contributed by atoms with Gasteiger partial charge in [-0.2, -0.15) is 0 Å². The molecule has 3 heteroatoms. The van der Waals surface area contributed by atoms with Crippen LogP contribution in [0.4, 0.5) is 0 Å². The van der Waals surface area contributed by atoms with Crippen LogP contribution < -0.4 is 5.32 Å². The Hall–Kier alpha value is -1.61. The van der Waals surface area contributed by atoms with Crippen molar-refractivity contribution in [1.82, 2.24) is 15.3 Å². The number of aromatic amines is 1. The van der Waals surface area contributed by atoms with Crippen molar-refractivity contribution in [3.63, 3.8) is 0 Å². The van der Waals surface area contributed by atoms with E-state index in [0.29, 0.717) is 0 Å². The van der Waals surface area contributed by atoms with Crippen molar-refractivity contribution in [2.75, 3.05) is 7.05 Å². The monoisotopic (exact) mass is 187 g/mol. The normalized spacial score (nSPS) is 10.4. The molecule has 2 aromatic heterocycles. The summed E-state index contributed by atoms with van der Waals surface area (Å²) in [6, 6.07) is 10.0. The van der Waals surface area contributed by atoms with Crippen LogP contribution in [-0.2, 0) is 6.54 Å². The van der Waals surface area contributed by atoms with Crippen molar-refractivity contribution in [1.29, 1.82) is 0 Å². The lowest BCUT2D eigenvalue weighted by molar-refractivity contribution is 0.798. The number of H-pyrrole nitrogens is 1. The summed E-state index contributed by atoms with van der Waals surface area (Å²) in [5, 5.41) is 3.10. The van der Waals surface area contributed by atoms with Crippen LogP contribution in [0.25, 0.3) is 11.4 Å². The van der Waals surface area contributed by atoms with Crippen molar-refractivity contribution in [2.24, 2.45) is 0 Å². The lowest BCUT2D eigenvalue weighted by Gasteiger charge is -1.96. The Balaban J connectivity index is 2.25. The van der Waals surface area contributed by atoms with Gasteiger partial charge < -0.3 is 10.3 Å². The zero-order valence-electron chi connectivity index (χ0n) is 8.12. The van der Waals surface area contributed by atoms with Crippen LogP contribution in [-0.4, -0.2) is 17.0 Å². The van der Waals surface area contributed by atoms with E-state index in [1.54, 1.807) is 6.20 Å². The first-order valence-corrected chi connectivity index (χ1v) is 4.64. The molecule has 0 aliphatic heterocycles. The van der Waals surface area contributed by atoms with E-state index >= 15 is 0 Å². The van der Waals surface area contributed by atoms with Gasteiger partial charge in [-0.1, -0.05) is 6.07 Å². The summed E-state index contributed by atoms with van der Waals surface area (Å²) >= 11 is 0. The maximum atomic E-state index is 4.27. The second kappa shape index (κ2) is 4.07. The van der Waals surface area contributed by atoms with E-state index in [1.807, 2.05) is 25.2 Å². The standard InChI is InChI=1S/C11H13N3/c1-12-8-9-5-6-11(14-9)10-4-2-3-7-13-10/h2-7,12,14H,8H2,1H3. The Morgan fingerprint density at radius 1 is 1.29 bits per heavy atom. The van der Waals surface area contributed by atoms with Crippen molar-refractivity contribution >= 4 is 0 Å². The Labute approximate surface area is 83.2 Å². The smallest absolute Gasteiger partial charge is 0.0864 e. The number of pyridine rings is 1. The molecule has 14 heavy (non-hydrogen) atoms. The van der Waals surface area contributed by atoms with Gasteiger partial charge in [0.1, 0.15) is 0 Å². The predicted octanol–water partition coefficient (Wildman–Crippen LogP) is 1.80. The third-order valence-electron chi connectivity index (χ3n) is 2.05. The fraction of sp³-hybridized carbons (Fsp3) is 0.182. The van der Waals surface area contributed by atoms with Gasteiger partial charge in [0, 0.05) is 18.4 Å². The molecule has 2 heterocycles. The van der Waals surface area contributed by atoms with Gasteiger partial charge in [0.05, 0.1) is 11.4 Å². The minimum absolute atomic E-state index is 0.854. The first-order valence-electron chi connectivity index (χ1n) is 4.64. The lowest BCUT2D eigenvalue weighted by Crippen LogP contribution is -2.04. The van der Waals surface area contributed by atoms with E-state index in [9.17, 15) is 0 Å². The molecule has 0 bridgehead atoms. The Bertz CT molecular complexity index is 392. The molecule has 72 valence electrons. The first-order chi connectivity index (χ1) is 6.90. The first kappa shape index (κ1) is 8.97. The van der Waals surface area contributed by atoms with Crippen LogP contribution in [0.15, 0.2) is 36.5 Å². The number of hydrogen-bond donors (Lipinski definition) is 2. The quantitative estimate of drug-likeness (QED) is 0.769. The number of nitrogens with one attached hydrogen (secondary N) is 2. The topological polar surface area (TPSA) is 40.7 Å².